The van der Waals surface area contributed by atoms with Crippen LogP contribution >= 0.6 is 0 Å². The van der Waals surface area contributed by atoms with Gasteiger partial charge in [0.2, 0.25) is 15.9 Å². The van der Waals surface area contributed by atoms with Crippen molar-refractivity contribution in [2.24, 2.45) is 11.8 Å². The molecular formula is C27H45N3O3S. The molecule has 34 heavy (non-hydrogen) atoms. The normalized spacial score (nSPS) is 24.2. The van der Waals surface area contributed by atoms with Crippen molar-refractivity contribution in [2.75, 3.05) is 26.2 Å². The molecule has 192 valence electrons. The highest BCUT2D eigenvalue weighted by Crippen LogP contribution is 2.29. The minimum absolute atomic E-state index is 0.0628. The zero-order chi connectivity index (χ0) is 24.7. The molecule has 6 nitrogen and oxygen atoms in total. The van der Waals surface area contributed by atoms with Gasteiger partial charge in [0.1, 0.15) is 0 Å². The molecule has 2 fully saturated rings. The van der Waals surface area contributed by atoms with E-state index in [2.05, 4.69) is 21.9 Å². The summed E-state index contributed by atoms with van der Waals surface area (Å²) in [5.41, 5.74) is 2.65. The molecule has 0 radical (unpaired) electrons. The Morgan fingerprint density at radius 3 is 2.35 bits per heavy atom. The molecule has 0 bridgehead atoms. The van der Waals surface area contributed by atoms with Crippen molar-refractivity contribution in [3.05, 3.63) is 28.8 Å². The molecule has 0 aromatic heterocycles. The average Bonchev–Trinajstić information content (AvgIpc) is 2.80. The van der Waals surface area contributed by atoms with Gasteiger partial charge in [-0.05, 0) is 95.7 Å². The van der Waals surface area contributed by atoms with E-state index in [1.165, 1.54) is 32.2 Å². The van der Waals surface area contributed by atoms with Gasteiger partial charge in [-0.2, -0.15) is 0 Å². The molecule has 1 aliphatic heterocycles. The fraction of sp³-hybridized carbons (Fsp3) is 0.741. The summed E-state index contributed by atoms with van der Waals surface area (Å²) in [6.07, 6.45) is 9.64. The maximum atomic E-state index is 12.9. The van der Waals surface area contributed by atoms with E-state index in [9.17, 15) is 13.2 Å². The quantitative estimate of drug-likeness (QED) is 0.474. The largest absolute Gasteiger partial charge is 0.356 e. The van der Waals surface area contributed by atoms with Crippen LogP contribution < -0.4 is 10.0 Å². The molecule has 1 aromatic carbocycles. The van der Waals surface area contributed by atoms with Gasteiger partial charge in [0.15, 0.2) is 0 Å². The Bertz CT molecular complexity index is 900. The fourth-order valence-electron chi connectivity index (χ4n) is 5.97. The summed E-state index contributed by atoms with van der Waals surface area (Å²) in [5.74, 6) is 0.526. The number of aryl methyl sites for hydroxylation is 3. The third-order valence-corrected chi connectivity index (χ3v) is 9.52. The van der Waals surface area contributed by atoms with Gasteiger partial charge in [0, 0.05) is 31.6 Å². The van der Waals surface area contributed by atoms with Gasteiger partial charge in [0.25, 0.3) is 0 Å². The standard InChI is InChI=1S/C27H45N3O3S/c1-5-25-9-6-7-15-30(25)16-8-14-28-27(31)24-12-10-23(11-13-24)19-29-34(32,33)26-21(3)17-20(2)18-22(26)4/h17-18,23-25,29H,5-16,19H2,1-4H3,(H,28,31)/t23?,24?,25-/m1/s1. The molecule has 1 saturated carbocycles. The van der Waals surface area contributed by atoms with Gasteiger partial charge >= 0.3 is 0 Å². The Kier molecular flexibility index (Phi) is 9.98. The number of hydrogen-bond donors (Lipinski definition) is 2. The van der Waals surface area contributed by atoms with E-state index in [-0.39, 0.29) is 17.7 Å². The highest BCUT2D eigenvalue weighted by atomic mass is 32.2. The van der Waals surface area contributed by atoms with Gasteiger partial charge in [-0.1, -0.05) is 31.0 Å². The van der Waals surface area contributed by atoms with Crippen LogP contribution in [0, 0.1) is 32.6 Å². The second-order valence-corrected chi connectivity index (χ2v) is 12.2. The van der Waals surface area contributed by atoms with Crippen molar-refractivity contribution >= 4 is 15.9 Å². The van der Waals surface area contributed by atoms with Gasteiger partial charge in [0.05, 0.1) is 4.90 Å². The lowest BCUT2D eigenvalue weighted by Gasteiger charge is -2.35. The van der Waals surface area contributed by atoms with E-state index >= 15 is 0 Å². The van der Waals surface area contributed by atoms with Crippen LogP contribution in [0.15, 0.2) is 17.0 Å². The molecule has 2 aliphatic rings. The molecule has 1 heterocycles. The number of rotatable bonds is 10. The average molecular weight is 492 g/mol. The molecule has 3 rings (SSSR count). The van der Waals surface area contributed by atoms with Crippen LogP contribution in [-0.4, -0.2) is 51.4 Å². The molecule has 1 atom stereocenters. The Labute approximate surface area is 207 Å². The number of nitrogens with one attached hydrogen (secondary N) is 2. The second kappa shape index (κ2) is 12.5. The Morgan fingerprint density at radius 2 is 1.71 bits per heavy atom. The van der Waals surface area contributed by atoms with E-state index in [1.807, 2.05) is 32.9 Å². The summed E-state index contributed by atoms with van der Waals surface area (Å²) in [7, 11) is -3.53. The highest BCUT2D eigenvalue weighted by Gasteiger charge is 2.28. The number of amides is 1. The number of likely N-dealkylation sites (tertiary alicyclic amines) is 1. The molecular weight excluding hydrogens is 446 g/mol. The molecule has 7 heteroatoms. The maximum absolute atomic E-state index is 12.9. The van der Waals surface area contributed by atoms with Crippen LogP contribution in [-0.2, 0) is 14.8 Å². The fourth-order valence-corrected chi connectivity index (χ4v) is 7.54. The summed E-state index contributed by atoms with van der Waals surface area (Å²) < 4.78 is 28.7. The topological polar surface area (TPSA) is 78.5 Å². The number of benzene rings is 1. The SMILES string of the molecule is CC[C@@H]1CCCCN1CCCNC(=O)C1CCC(CNS(=O)(=O)c2c(C)cc(C)cc2C)CC1. The minimum atomic E-state index is -3.53. The van der Waals surface area contributed by atoms with E-state index < -0.39 is 10.0 Å². The van der Waals surface area contributed by atoms with E-state index in [0.717, 1.165) is 67.9 Å². The molecule has 1 aromatic rings. The molecule has 0 unspecified atom stereocenters. The Balaban J connectivity index is 1.37. The number of piperidine rings is 1. The summed E-state index contributed by atoms with van der Waals surface area (Å²) in [6, 6.07) is 4.55. The monoisotopic (exact) mass is 491 g/mol. The van der Waals surface area contributed by atoms with Crippen LogP contribution in [0.4, 0.5) is 0 Å². The van der Waals surface area contributed by atoms with Gasteiger partial charge in [-0.3, -0.25) is 4.79 Å². The number of carbonyl (C=O) groups excluding carboxylic acids is 1. The summed E-state index contributed by atoms with van der Waals surface area (Å²) in [4.78, 5) is 15.6. The Morgan fingerprint density at radius 1 is 1.03 bits per heavy atom. The van der Waals surface area contributed by atoms with Crippen molar-refractivity contribution in [3.8, 4) is 0 Å². The van der Waals surface area contributed by atoms with Gasteiger partial charge < -0.3 is 10.2 Å². The molecule has 1 amide bonds. The molecule has 1 saturated heterocycles. The smallest absolute Gasteiger partial charge is 0.241 e. The lowest BCUT2D eigenvalue weighted by Crippen LogP contribution is -2.41. The molecule has 2 N–H and O–H groups in total. The Hall–Kier alpha value is -1.44. The first-order chi connectivity index (χ1) is 16.2. The number of sulfonamides is 1. The molecule has 0 spiro atoms. The lowest BCUT2D eigenvalue weighted by atomic mass is 9.81. The van der Waals surface area contributed by atoms with Gasteiger partial charge in [-0.15, -0.1) is 0 Å². The van der Waals surface area contributed by atoms with Crippen molar-refractivity contribution < 1.29 is 13.2 Å². The van der Waals surface area contributed by atoms with Crippen molar-refractivity contribution in [1.29, 1.82) is 0 Å². The van der Waals surface area contributed by atoms with Crippen LogP contribution in [0.1, 0.15) is 81.4 Å². The summed E-state index contributed by atoms with van der Waals surface area (Å²) in [6.45, 7) is 11.4. The van der Waals surface area contributed by atoms with Crippen molar-refractivity contribution in [2.45, 2.75) is 96.4 Å². The minimum Gasteiger partial charge on any atom is -0.356 e. The lowest BCUT2D eigenvalue weighted by molar-refractivity contribution is -0.126. The predicted molar refractivity (Wildman–Crippen MR) is 138 cm³/mol. The number of nitrogens with zero attached hydrogens (tertiary/aromatic N) is 1. The first kappa shape index (κ1) is 27.2. The number of carbonyl (C=O) groups is 1. The van der Waals surface area contributed by atoms with Crippen LogP contribution in [0.5, 0.6) is 0 Å². The van der Waals surface area contributed by atoms with Crippen molar-refractivity contribution in [1.82, 2.24) is 14.9 Å². The second-order valence-electron chi connectivity index (χ2n) is 10.5. The van der Waals surface area contributed by atoms with E-state index in [4.69, 9.17) is 0 Å². The van der Waals surface area contributed by atoms with E-state index in [1.54, 1.807) is 0 Å². The first-order valence-corrected chi connectivity index (χ1v) is 14.8. The zero-order valence-corrected chi connectivity index (χ0v) is 22.5. The van der Waals surface area contributed by atoms with Crippen molar-refractivity contribution in [3.63, 3.8) is 0 Å². The van der Waals surface area contributed by atoms with Gasteiger partial charge in [-0.25, -0.2) is 13.1 Å². The first-order valence-electron chi connectivity index (χ1n) is 13.3. The zero-order valence-electron chi connectivity index (χ0n) is 21.7. The van der Waals surface area contributed by atoms with Crippen LogP contribution in [0.3, 0.4) is 0 Å². The summed E-state index contributed by atoms with van der Waals surface area (Å²) in [5, 5.41) is 3.16. The predicted octanol–water partition coefficient (Wildman–Crippen LogP) is 4.47. The third-order valence-electron chi connectivity index (χ3n) is 7.79. The maximum Gasteiger partial charge on any atom is 0.241 e. The molecule has 1 aliphatic carbocycles. The summed E-state index contributed by atoms with van der Waals surface area (Å²) >= 11 is 0. The third kappa shape index (κ3) is 7.28. The van der Waals surface area contributed by atoms with Crippen LogP contribution in [0.2, 0.25) is 0 Å². The number of hydrogen-bond acceptors (Lipinski definition) is 4. The van der Waals surface area contributed by atoms with Crippen LogP contribution in [0.25, 0.3) is 0 Å². The highest BCUT2D eigenvalue weighted by molar-refractivity contribution is 7.89. The van der Waals surface area contributed by atoms with E-state index in [0.29, 0.717) is 11.4 Å².